The van der Waals surface area contributed by atoms with Crippen LogP contribution in [-0.2, 0) is 19.0 Å². The van der Waals surface area contributed by atoms with Gasteiger partial charge in [-0.05, 0) is 43.9 Å². The van der Waals surface area contributed by atoms with Crippen molar-refractivity contribution in [3.63, 3.8) is 0 Å². The van der Waals surface area contributed by atoms with Crippen LogP contribution in [0.25, 0.3) is 5.57 Å². The molecule has 1 saturated carbocycles. The maximum atomic E-state index is 12.8. The van der Waals surface area contributed by atoms with Crippen molar-refractivity contribution < 1.29 is 28.6 Å². The van der Waals surface area contributed by atoms with Crippen molar-refractivity contribution in [2.45, 2.75) is 45.2 Å². The van der Waals surface area contributed by atoms with Crippen molar-refractivity contribution in [2.75, 3.05) is 19.8 Å². The van der Waals surface area contributed by atoms with Crippen molar-refractivity contribution in [3.05, 3.63) is 41.5 Å². The average Bonchev–Trinajstić information content (AvgIpc) is 3.37. The largest absolute Gasteiger partial charge is 0.463 e. The van der Waals surface area contributed by atoms with Gasteiger partial charge in [0.2, 0.25) is 0 Å². The molecule has 8 heteroatoms. The molecule has 1 aromatic rings. The smallest absolute Gasteiger partial charge is 0.429 e. The molecule has 1 aliphatic heterocycles. The summed E-state index contributed by atoms with van der Waals surface area (Å²) in [4.78, 5) is 37.8. The third-order valence-electron chi connectivity index (χ3n) is 6.02. The molecule has 30 heavy (non-hydrogen) atoms. The Morgan fingerprint density at radius 1 is 0.900 bits per heavy atom. The second-order valence-electron chi connectivity index (χ2n) is 7.45. The fourth-order valence-corrected chi connectivity index (χ4v) is 5.19. The van der Waals surface area contributed by atoms with Crippen LogP contribution in [0, 0.1) is 5.92 Å². The highest BCUT2D eigenvalue weighted by Gasteiger charge is 2.64. The first kappa shape index (κ1) is 20.3. The highest BCUT2D eigenvalue weighted by molar-refractivity contribution is 5.95. The Kier molecular flexibility index (Phi) is 5.40. The molecular formula is C22H26N2O6. The number of carbonyl (C=O) groups is 3. The highest BCUT2D eigenvalue weighted by atomic mass is 16.6. The van der Waals surface area contributed by atoms with Gasteiger partial charge in [-0.25, -0.2) is 24.4 Å². The van der Waals surface area contributed by atoms with E-state index in [4.69, 9.17) is 14.2 Å². The molecule has 2 amide bonds. The van der Waals surface area contributed by atoms with Crippen molar-refractivity contribution in [1.29, 1.82) is 0 Å². The van der Waals surface area contributed by atoms with Gasteiger partial charge < -0.3 is 14.2 Å². The number of hydrogen-bond donors (Lipinski definition) is 0. The van der Waals surface area contributed by atoms with Crippen LogP contribution in [0.3, 0.4) is 0 Å². The van der Waals surface area contributed by atoms with Crippen LogP contribution in [0.2, 0.25) is 0 Å². The topological polar surface area (TPSA) is 85.4 Å². The number of rotatable bonds is 4. The third-order valence-corrected chi connectivity index (χ3v) is 6.02. The van der Waals surface area contributed by atoms with E-state index in [1.807, 2.05) is 24.3 Å². The van der Waals surface area contributed by atoms with Crippen LogP contribution >= 0.6 is 0 Å². The van der Waals surface area contributed by atoms with E-state index in [1.54, 1.807) is 20.8 Å². The minimum absolute atomic E-state index is 0.0260. The fraction of sp³-hybridized carbons (Fsp3) is 0.500. The number of ether oxygens (including phenoxy) is 3. The molecule has 8 nitrogen and oxygen atoms in total. The summed E-state index contributed by atoms with van der Waals surface area (Å²) in [5, 5.41) is 2.80. The molecule has 4 rings (SSSR count). The Labute approximate surface area is 175 Å². The summed E-state index contributed by atoms with van der Waals surface area (Å²) in [6.45, 7) is 5.91. The van der Waals surface area contributed by atoms with Gasteiger partial charge in [0.15, 0.2) is 0 Å². The van der Waals surface area contributed by atoms with Gasteiger partial charge in [0.05, 0.1) is 31.9 Å². The quantitative estimate of drug-likeness (QED) is 0.427. The molecule has 2 fully saturated rings. The van der Waals surface area contributed by atoms with Crippen molar-refractivity contribution in [2.24, 2.45) is 5.92 Å². The van der Waals surface area contributed by atoms with E-state index < -0.39 is 18.2 Å². The van der Waals surface area contributed by atoms with E-state index in [-0.39, 0.29) is 43.7 Å². The fourth-order valence-electron chi connectivity index (χ4n) is 5.19. The third kappa shape index (κ3) is 3.02. The van der Waals surface area contributed by atoms with Crippen LogP contribution in [0.1, 0.15) is 44.2 Å². The van der Waals surface area contributed by atoms with Crippen molar-refractivity contribution >= 4 is 23.7 Å². The van der Waals surface area contributed by atoms with E-state index in [0.717, 1.165) is 16.7 Å². The highest BCUT2D eigenvalue weighted by Crippen LogP contribution is 2.60. The molecule has 3 aliphatic rings. The summed E-state index contributed by atoms with van der Waals surface area (Å²) in [6.07, 6.45) is 0.993. The van der Waals surface area contributed by atoms with Gasteiger partial charge in [-0.15, -0.1) is 0 Å². The summed E-state index contributed by atoms with van der Waals surface area (Å²) in [6, 6.07) is 7.31. The average molecular weight is 414 g/mol. The van der Waals surface area contributed by atoms with Crippen LogP contribution < -0.4 is 0 Å². The molecule has 1 heterocycles. The number of benzene rings is 1. The minimum atomic E-state index is -0.581. The van der Waals surface area contributed by atoms with E-state index in [9.17, 15) is 14.4 Å². The molecule has 1 saturated heterocycles. The lowest BCUT2D eigenvalue weighted by molar-refractivity contribution is -0.137. The molecule has 2 aliphatic carbocycles. The summed E-state index contributed by atoms with van der Waals surface area (Å²) in [5.41, 5.74) is 2.88. The number of hydrogen-bond acceptors (Lipinski definition) is 6. The van der Waals surface area contributed by atoms with E-state index in [2.05, 4.69) is 0 Å². The minimum Gasteiger partial charge on any atom is -0.463 e. The van der Waals surface area contributed by atoms with Crippen LogP contribution in [0.4, 0.5) is 9.59 Å². The monoisotopic (exact) mass is 414 g/mol. The SMILES string of the molecule is CCOC(=O)/C=C1/c2ccccc2[C@H]2[C@@H]1[C@H]1C[C@@H]2N(C(=O)OCC)N1C(=O)OCC. The second-order valence-corrected chi connectivity index (χ2v) is 7.45. The van der Waals surface area contributed by atoms with Gasteiger partial charge in [0.25, 0.3) is 0 Å². The number of carbonyl (C=O) groups excluding carboxylic acids is 3. The Morgan fingerprint density at radius 2 is 1.47 bits per heavy atom. The number of fused-ring (bicyclic) bond motifs is 7. The molecular weight excluding hydrogens is 388 g/mol. The number of nitrogens with zero attached hydrogens (tertiary/aromatic N) is 2. The van der Waals surface area contributed by atoms with Crippen molar-refractivity contribution in [1.82, 2.24) is 10.0 Å². The number of hydrazine groups is 1. The Hall–Kier alpha value is -3.03. The van der Waals surface area contributed by atoms with E-state index >= 15 is 0 Å². The Balaban J connectivity index is 1.78. The van der Waals surface area contributed by atoms with Gasteiger partial charge >= 0.3 is 18.2 Å². The molecule has 2 bridgehead atoms. The summed E-state index contributed by atoms with van der Waals surface area (Å²) >= 11 is 0. The number of amides is 2. The maximum Gasteiger partial charge on any atom is 0.429 e. The molecule has 0 spiro atoms. The predicted octanol–water partition coefficient (Wildman–Crippen LogP) is 3.33. The first-order valence-electron chi connectivity index (χ1n) is 10.4. The lowest BCUT2D eigenvalue weighted by Gasteiger charge is -2.42. The second kappa shape index (κ2) is 8.01. The van der Waals surface area contributed by atoms with Crippen LogP contribution in [-0.4, -0.2) is 60.1 Å². The molecule has 160 valence electrons. The maximum absolute atomic E-state index is 12.8. The summed E-state index contributed by atoms with van der Waals surface area (Å²) < 4.78 is 15.6. The molecule has 0 radical (unpaired) electrons. The Bertz CT molecular complexity index is 897. The zero-order valence-corrected chi connectivity index (χ0v) is 17.4. The summed E-state index contributed by atoms with van der Waals surface area (Å²) in [5.74, 6) is -0.551. The Morgan fingerprint density at radius 3 is 2.07 bits per heavy atom. The van der Waals surface area contributed by atoms with Gasteiger partial charge in [-0.3, -0.25) is 0 Å². The van der Waals surface area contributed by atoms with Crippen molar-refractivity contribution in [3.8, 4) is 0 Å². The predicted molar refractivity (Wildman–Crippen MR) is 107 cm³/mol. The molecule has 1 aromatic carbocycles. The lowest BCUT2D eigenvalue weighted by atomic mass is 9.88. The normalized spacial score (nSPS) is 27.1. The van der Waals surface area contributed by atoms with Crippen LogP contribution in [0.5, 0.6) is 0 Å². The van der Waals surface area contributed by atoms with Crippen LogP contribution in [0.15, 0.2) is 30.3 Å². The summed E-state index contributed by atoms with van der Waals surface area (Å²) in [7, 11) is 0. The first-order chi connectivity index (χ1) is 14.5. The molecule has 0 unspecified atom stereocenters. The molecule has 0 aromatic heterocycles. The van der Waals surface area contributed by atoms with Gasteiger partial charge in [-0.2, -0.15) is 0 Å². The number of esters is 1. The molecule has 0 N–H and O–H groups in total. The lowest BCUT2D eigenvalue weighted by Crippen LogP contribution is -2.57. The zero-order valence-electron chi connectivity index (χ0n) is 17.4. The van der Waals surface area contributed by atoms with E-state index in [1.165, 1.54) is 16.1 Å². The van der Waals surface area contributed by atoms with Gasteiger partial charge in [0.1, 0.15) is 0 Å². The standard InChI is InChI=1S/C22H26N2O6/c1-4-28-18(25)11-15-13-9-7-8-10-14(13)19-16-12-17(20(15)19)24(22(27)30-6-3)23(16)21(26)29-5-2/h7-11,16-17,19-20H,4-6,12H2,1-3H3/b15-11-/t16-,17+,19+,20-/m0/s1. The zero-order chi connectivity index (χ0) is 21.4. The van der Waals surface area contributed by atoms with Gasteiger partial charge in [-0.1, -0.05) is 24.3 Å². The first-order valence-corrected chi connectivity index (χ1v) is 10.4. The van der Waals surface area contributed by atoms with Gasteiger partial charge in [0, 0.05) is 17.9 Å². The molecule has 4 atom stereocenters. The van der Waals surface area contributed by atoms with E-state index in [0.29, 0.717) is 6.42 Å².